The van der Waals surface area contributed by atoms with Crippen LogP contribution in [0.2, 0.25) is 0 Å². The van der Waals surface area contributed by atoms with Crippen molar-refractivity contribution < 1.29 is 9.47 Å². The second-order valence-electron chi connectivity index (χ2n) is 9.06. The molecule has 0 saturated carbocycles. The molecule has 188 valence electrons. The van der Waals surface area contributed by atoms with Crippen molar-refractivity contribution in [3.05, 3.63) is 69.0 Å². The fourth-order valence-electron chi connectivity index (χ4n) is 4.07. The third-order valence-corrected chi connectivity index (χ3v) is 6.40. The molecule has 0 saturated heterocycles. The number of benzene rings is 2. The monoisotopic (exact) mass is 496 g/mol. The summed E-state index contributed by atoms with van der Waals surface area (Å²) in [4.78, 5) is 20.1. The van der Waals surface area contributed by atoms with Crippen LogP contribution >= 0.6 is 12.2 Å². The van der Waals surface area contributed by atoms with E-state index in [4.69, 9.17) is 21.7 Å². The number of nitrogens with one attached hydrogen (secondary N) is 2. The van der Waals surface area contributed by atoms with Crippen LogP contribution in [0.25, 0.3) is 10.9 Å². The van der Waals surface area contributed by atoms with E-state index in [-0.39, 0.29) is 5.56 Å². The molecule has 7 nitrogen and oxygen atoms in total. The molecule has 0 spiro atoms. The summed E-state index contributed by atoms with van der Waals surface area (Å²) in [6.45, 7) is 6.74. The van der Waals surface area contributed by atoms with Gasteiger partial charge >= 0.3 is 0 Å². The van der Waals surface area contributed by atoms with Gasteiger partial charge in [0, 0.05) is 36.1 Å². The molecular weight excluding hydrogens is 460 g/mol. The SMILES string of the molecule is COc1ccc(CCNC(=S)N(CCN(C)C)Cc2cc3c(C)cc(C)cc3[nH]c2=O)cc1OC. The molecule has 1 aromatic heterocycles. The minimum atomic E-state index is -0.0783. The second kappa shape index (κ2) is 12.0. The summed E-state index contributed by atoms with van der Waals surface area (Å²) in [5.41, 5.74) is 4.89. The van der Waals surface area contributed by atoms with E-state index in [9.17, 15) is 4.79 Å². The number of rotatable bonds is 10. The quantitative estimate of drug-likeness (QED) is 0.415. The van der Waals surface area contributed by atoms with Gasteiger partial charge in [0.05, 0.1) is 20.8 Å². The molecule has 1 heterocycles. The maximum absolute atomic E-state index is 12.9. The van der Waals surface area contributed by atoms with E-state index in [1.165, 1.54) is 0 Å². The number of aromatic nitrogens is 1. The molecule has 2 N–H and O–H groups in total. The first-order valence-corrected chi connectivity index (χ1v) is 12.1. The van der Waals surface area contributed by atoms with Crippen molar-refractivity contribution in [3.8, 4) is 11.5 Å². The van der Waals surface area contributed by atoms with Gasteiger partial charge in [-0.1, -0.05) is 12.1 Å². The lowest BCUT2D eigenvalue weighted by Crippen LogP contribution is -2.43. The molecule has 3 aromatic rings. The van der Waals surface area contributed by atoms with Gasteiger partial charge in [-0.15, -0.1) is 0 Å². The van der Waals surface area contributed by atoms with Gasteiger partial charge in [0.1, 0.15) is 0 Å². The highest BCUT2D eigenvalue weighted by molar-refractivity contribution is 7.80. The number of methoxy groups -OCH3 is 2. The number of aryl methyl sites for hydroxylation is 2. The summed E-state index contributed by atoms with van der Waals surface area (Å²) in [6.07, 6.45) is 0.775. The number of aromatic amines is 1. The van der Waals surface area contributed by atoms with Crippen molar-refractivity contribution in [1.82, 2.24) is 20.1 Å². The Labute approximate surface area is 213 Å². The van der Waals surface area contributed by atoms with E-state index in [2.05, 4.69) is 33.1 Å². The number of pyridine rings is 1. The van der Waals surface area contributed by atoms with Crippen LogP contribution < -0.4 is 20.3 Å². The molecular formula is C27H36N4O3S. The molecule has 0 atom stereocenters. The summed E-state index contributed by atoms with van der Waals surface area (Å²) in [6, 6.07) is 12.1. The fourth-order valence-corrected chi connectivity index (χ4v) is 4.33. The molecule has 0 amide bonds. The summed E-state index contributed by atoms with van der Waals surface area (Å²) in [5.74, 6) is 1.42. The number of hydrogen-bond donors (Lipinski definition) is 2. The molecule has 3 rings (SSSR count). The van der Waals surface area contributed by atoms with E-state index < -0.39 is 0 Å². The van der Waals surface area contributed by atoms with Crippen molar-refractivity contribution in [2.75, 3.05) is 47.9 Å². The maximum atomic E-state index is 12.9. The zero-order chi connectivity index (χ0) is 25.5. The van der Waals surface area contributed by atoms with Gasteiger partial charge in [0.25, 0.3) is 5.56 Å². The zero-order valence-corrected chi connectivity index (χ0v) is 22.3. The Hall–Kier alpha value is -3.10. The Bertz CT molecular complexity index is 1240. The molecule has 0 radical (unpaired) electrons. The van der Waals surface area contributed by atoms with Crippen molar-refractivity contribution in [1.29, 1.82) is 0 Å². The molecule has 2 aromatic carbocycles. The minimum absolute atomic E-state index is 0.0783. The minimum Gasteiger partial charge on any atom is -0.493 e. The number of likely N-dealkylation sites (N-methyl/N-ethyl adjacent to an activating group) is 1. The largest absolute Gasteiger partial charge is 0.493 e. The molecule has 8 heteroatoms. The number of ether oxygens (including phenoxy) is 2. The summed E-state index contributed by atoms with van der Waals surface area (Å²) >= 11 is 5.75. The highest BCUT2D eigenvalue weighted by Gasteiger charge is 2.15. The average Bonchev–Trinajstić information content (AvgIpc) is 2.81. The van der Waals surface area contributed by atoms with Gasteiger partial charge in [0.2, 0.25) is 0 Å². The third-order valence-electron chi connectivity index (χ3n) is 5.99. The Morgan fingerprint density at radius 2 is 1.77 bits per heavy atom. The Morgan fingerprint density at radius 3 is 2.46 bits per heavy atom. The van der Waals surface area contributed by atoms with Crippen LogP contribution in [0.4, 0.5) is 0 Å². The van der Waals surface area contributed by atoms with Crippen molar-refractivity contribution in [2.24, 2.45) is 0 Å². The summed E-state index contributed by atoms with van der Waals surface area (Å²) in [7, 11) is 7.32. The van der Waals surface area contributed by atoms with Gasteiger partial charge < -0.3 is 29.6 Å². The lowest BCUT2D eigenvalue weighted by Gasteiger charge is -2.27. The van der Waals surface area contributed by atoms with Crippen LogP contribution in [0.3, 0.4) is 0 Å². The first kappa shape index (κ1) is 26.5. The summed E-state index contributed by atoms with van der Waals surface area (Å²) < 4.78 is 10.7. The van der Waals surface area contributed by atoms with Gasteiger partial charge in [-0.3, -0.25) is 4.79 Å². The number of fused-ring (bicyclic) bond motifs is 1. The average molecular weight is 497 g/mol. The van der Waals surface area contributed by atoms with Crippen LogP contribution in [0, 0.1) is 13.8 Å². The Morgan fingerprint density at radius 1 is 1.03 bits per heavy atom. The van der Waals surface area contributed by atoms with Crippen LogP contribution in [0.5, 0.6) is 11.5 Å². The fraction of sp³-hybridized carbons (Fsp3) is 0.407. The molecule has 0 aliphatic carbocycles. The predicted molar refractivity (Wildman–Crippen MR) is 147 cm³/mol. The molecule has 0 aliphatic heterocycles. The number of H-pyrrole nitrogens is 1. The van der Waals surface area contributed by atoms with Crippen molar-refractivity contribution in [3.63, 3.8) is 0 Å². The van der Waals surface area contributed by atoms with Crippen molar-refractivity contribution in [2.45, 2.75) is 26.8 Å². The second-order valence-corrected chi connectivity index (χ2v) is 9.45. The van der Waals surface area contributed by atoms with Crippen LogP contribution in [-0.2, 0) is 13.0 Å². The smallest absolute Gasteiger partial charge is 0.253 e. The maximum Gasteiger partial charge on any atom is 0.253 e. The molecule has 35 heavy (non-hydrogen) atoms. The molecule has 0 bridgehead atoms. The first-order valence-electron chi connectivity index (χ1n) is 11.7. The lowest BCUT2D eigenvalue weighted by atomic mass is 10.0. The molecule has 0 fully saturated rings. The molecule has 0 unspecified atom stereocenters. The molecule has 0 aliphatic rings. The first-order chi connectivity index (χ1) is 16.7. The van der Waals surface area contributed by atoms with E-state index in [0.29, 0.717) is 41.8 Å². The standard InChI is InChI=1S/C27H36N4O3S/c1-18-13-19(2)22-16-21(26(32)29-23(22)14-18)17-31(12-11-30(3)4)27(35)28-10-9-20-7-8-24(33-5)25(15-20)34-6/h7-8,13-16H,9-12,17H2,1-6H3,(H,28,35)(H,29,32). The normalized spacial score (nSPS) is 11.1. The Balaban J connectivity index is 1.73. The zero-order valence-electron chi connectivity index (χ0n) is 21.5. The Kier molecular flexibility index (Phi) is 9.12. The van der Waals surface area contributed by atoms with Crippen LogP contribution in [0.15, 0.2) is 41.2 Å². The van der Waals surface area contributed by atoms with Gasteiger partial charge in [-0.25, -0.2) is 0 Å². The van der Waals surface area contributed by atoms with E-state index in [1.807, 2.05) is 51.4 Å². The summed E-state index contributed by atoms with van der Waals surface area (Å²) in [5, 5.41) is 5.06. The van der Waals surface area contributed by atoms with Crippen LogP contribution in [-0.4, -0.2) is 67.8 Å². The van der Waals surface area contributed by atoms with Gasteiger partial charge in [-0.2, -0.15) is 0 Å². The third kappa shape index (κ3) is 6.96. The number of thiocarbonyl (C=S) groups is 1. The van der Waals surface area contributed by atoms with Gasteiger partial charge in [0.15, 0.2) is 16.6 Å². The van der Waals surface area contributed by atoms with Crippen LogP contribution in [0.1, 0.15) is 22.3 Å². The topological polar surface area (TPSA) is 69.8 Å². The van der Waals surface area contributed by atoms with E-state index in [0.717, 1.165) is 40.6 Å². The predicted octanol–water partition coefficient (Wildman–Crippen LogP) is 3.64. The number of hydrogen-bond acceptors (Lipinski definition) is 5. The van der Waals surface area contributed by atoms with Crippen molar-refractivity contribution >= 4 is 28.2 Å². The highest BCUT2D eigenvalue weighted by atomic mass is 32.1. The van der Waals surface area contributed by atoms with E-state index >= 15 is 0 Å². The van der Waals surface area contributed by atoms with E-state index in [1.54, 1.807) is 14.2 Å². The highest BCUT2D eigenvalue weighted by Crippen LogP contribution is 2.27. The van der Waals surface area contributed by atoms with Gasteiger partial charge in [-0.05, 0) is 87.5 Å². The lowest BCUT2D eigenvalue weighted by molar-refractivity contribution is 0.322. The number of nitrogens with zero attached hydrogens (tertiary/aromatic N) is 2.